The molecule has 0 unspecified atom stereocenters. The largest absolute Gasteiger partial charge is 0.350 e. The predicted molar refractivity (Wildman–Crippen MR) is 63.0 cm³/mol. The molecule has 0 bridgehead atoms. The minimum Gasteiger partial charge on any atom is -0.350 e. The Kier molecular flexibility index (Phi) is 4.06. The Labute approximate surface area is 96.0 Å². The molecule has 0 aliphatic heterocycles. The fourth-order valence-electron chi connectivity index (χ4n) is 1.40. The third kappa shape index (κ3) is 3.06. The number of nitrogens with zero attached hydrogens (tertiary/aromatic N) is 2. The Morgan fingerprint density at radius 2 is 2.19 bits per heavy atom. The van der Waals surface area contributed by atoms with Gasteiger partial charge in [0.25, 0.3) is 5.91 Å². The van der Waals surface area contributed by atoms with E-state index in [1.807, 2.05) is 13.8 Å². The average Bonchev–Trinajstić information content (AvgIpc) is 2.72. The third-order valence-electron chi connectivity index (χ3n) is 2.98. The Bertz CT molecular complexity index is 355. The van der Waals surface area contributed by atoms with Crippen molar-refractivity contribution in [2.45, 2.75) is 32.2 Å². The molecule has 5 nitrogen and oxygen atoms in total. The lowest BCUT2D eigenvalue weighted by Gasteiger charge is -2.26. The second-order valence-electron chi connectivity index (χ2n) is 4.15. The number of carbonyl (C=O) groups excluding carboxylic acids is 1. The van der Waals surface area contributed by atoms with Crippen LogP contribution in [0.25, 0.3) is 0 Å². The molecule has 0 fully saturated rings. The highest BCUT2D eigenvalue weighted by Crippen LogP contribution is 2.09. The van der Waals surface area contributed by atoms with Gasteiger partial charge in [-0.1, -0.05) is 13.8 Å². The summed E-state index contributed by atoms with van der Waals surface area (Å²) in [5.74, 6) is -0.121. The third-order valence-corrected chi connectivity index (χ3v) is 2.98. The predicted octanol–water partition coefficient (Wildman–Crippen LogP) is 0.667. The van der Waals surface area contributed by atoms with Gasteiger partial charge in [0.2, 0.25) is 0 Å². The summed E-state index contributed by atoms with van der Waals surface area (Å²) in [6, 6.07) is 0. The summed E-state index contributed by atoms with van der Waals surface area (Å²) in [6.45, 7) is 4.55. The van der Waals surface area contributed by atoms with Gasteiger partial charge in [-0.25, -0.2) is 0 Å². The zero-order valence-corrected chi connectivity index (χ0v) is 10.2. The van der Waals surface area contributed by atoms with Gasteiger partial charge in [0, 0.05) is 25.3 Å². The normalized spacial score (nSPS) is 11.5. The maximum atomic E-state index is 11.7. The van der Waals surface area contributed by atoms with Gasteiger partial charge >= 0.3 is 0 Å². The first-order chi connectivity index (χ1) is 7.50. The zero-order valence-electron chi connectivity index (χ0n) is 10.2. The number of aryl methyl sites for hydroxylation is 1. The van der Waals surface area contributed by atoms with Crippen LogP contribution in [0.5, 0.6) is 0 Å². The molecular formula is C11H20N4O. The van der Waals surface area contributed by atoms with E-state index in [2.05, 4.69) is 10.4 Å². The van der Waals surface area contributed by atoms with E-state index in [9.17, 15) is 4.79 Å². The maximum Gasteiger partial charge on any atom is 0.254 e. The summed E-state index contributed by atoms with van der Waals surface area (Å²) in [5, 5.41) is 6.78. The average molecular weight is 224 g/mol. The summed E-state index contributed by atoms with van der Waals surface area (Å²) in [4.78, 5) is 11.7. The number of nitrogens with one attached hydrogen (secondary N) is 1. The molecule has 5 heteroatoms. The van der Waals surface area contributed by atoms with Crippen LogP contribution >= 0.6 is 0 Å². The smallest absolute Gasteiger partial charge is 0.254 e. The first kappa shape index (κ1) is 12.7. The van der Waals surface area contributed by atoms with Gasteiger partial charge in [-0.3, -0.25) is 9.48 Å². The molecule has 0 aliphatic carbocycles. The number of amides is 1. The molecule has 1 heterocycles. The molecule has 0 saturated carbocycles. The van der Waals surface area contributed by atoms with Gasteiger partial charge in [-0.05, 0) is 12.8 Å². The van der Waals surface area contributed by atoms with Gasteiger partial charge in [0.15, 0.2) is 0 Å². The monoisotopic (exact) mass is 224 g/mol. The van der Waals surface area contributed by atoms with Crippen LogP contribution < -0.4 is 11.1 Å². The lowest BCUT2D eigenvalue weighted by atomic mass is 9.94. The number of hydrogen-bond donors (Lipinski definition) is 2. The van der Waals surface area contributed by atoms with E-state index in [0.29, 0.717) is 12.1 Å². The number of carbonyl (C=O) groups is 1. The minimum absolute atomic E-state index is 0.121. The van der Waals surface area contributed by atoms with Gasteiger partial charge in [-0.2, -0.15) is 5.10 Å². The van der Waals surface area contributed by atoms with E-state index in [1.54, 1.807) is 24.1 Å². The molecule has 3 N–H and O–H groups in total. The van der Waals surface area contributed by atoms with Gasteiger partial charge in [0.05, 0.1) is 11.8 Å². The fraction of sp³-hybridized carbons (Fsp3) is 0.636. The molecule has 0 aliphatic rings. The number of nitrogens with two attached hydrogens (primary N) is 1. The van der Waals surface area contributed by atoms with Crippen molar-refractivity contribution in [1.82, 2.24) is 15.1 Å². The van der Waals surface area contributed by atoms with Gasteiger partial charge in [-0.15, -0.1) is 0 Å². The molecule has 0 spiro atoms. The topological polar surface area (TPSA) is 72.9 Å². The van der Waals surface area contributed by atoms with E-state index in [4.69, 9.17) is 5.73 Å². The molecule has 16 heavy (non-hydrogen) atoms. The van der Waals surface area contributed by atoms with Crippen molar-refractivity contribution in [2.75, 3.05) is 6.54 Å². The molecule has 1 aromatic rings. The standard InChI is InChI=1S/C11H20N4O/c1-4-11(12,5-2)8-13-10(16)9-6-14-15(3)7-9/h6-7H,4-5,8,12H2,1-3H3,(H,13,16). The Morgan fingerprint density at radius 3 is 2.62 bits per heavy atom. The van der Waals surface area contributed by atoms with Crippen LogP contribution in [0, 0.1) is 0 Å². The SMILES string of the molecule is CCC(N)(CC)CNC(=O)c1cnn(C)c1. The molecule has 90 valence electrons. The van der Waals surface area contributed by atoms with Crippen molar-refractivity contribution in [3.63, 3.8) is 0 Å². The van der Waals surface area contributed by atoms with Gasteiger partial charge < -0.3 is 11.1 Å². The lowest BCUT2D eigenvalue weighted by Crippen LogP contribution is -2.49. The van der Waals surface area contributed by atoms with Crippen molar-refractivity contribution >= 4 is 5.91 Å². The van der Waals surface area contributed by atoms with Crippen LogP contribution in [-0.2, 0) is 7.05 Å². The quantitative estimate of drug-likeness (QED) is 0.772. The van der Waals surface area contributed by atoms with Crippen molar-refractivity contribution < 1.29 is 4.79 Å². The summed E-state index contributed by atoms with van der Waals surface area (Å²) >= 11 is 0. The first-order valence-electron chi connectivity index (χ1n) is 5.56. The highest BCUT2D eigenvalue weighted by atomic mass is 16.1. The molecule has 0 radical (unpaired) electrons. The van der Waals surface area contributed by atoms with Crippen LogP contribution in [0.4, 0.5) is 0 Å². The highest BCUT2D eigenvalue weighted by molar-refractivity contribution is 5.93. The van der Waals surface area contributed by atoms with Crippen LogP contribution in [0.15, 0.2) is 12.4 Å². The van der Waals surface area contributed by atoms with Crippen LogP contribution in [0.3, 0.4) is 0 Å². The molecule has 1 amide bonds. The van der Waals surface area contributed by atoms with E-state index in [1.165, 1.54) is 0 Å². The zero-order chi connectivity index (χ0) is 12.2. The Morgan fingerprint density at radius 1 is 1.56 bits per heavy atom. The second-order valence-corrected chi connectivity index (χ2v) is 4.15. The van der Waals surface area contributed by atoms with Crippen molar-refractivity contribution in [3.05, 3.63) is 18.0 Å². The highest BCUT2D eigenvalue weighted by Gasteiger charge is 2.21. The molecular weight excluding hydrogens is 204 g/mol. The van der Waals surface area contributed by atoms with Crippen molar-refractivity contribution in [1.29, 1.82) is 0 Å². The minimum atomic E-state index is -0.308. The van der Waals surface area contributed by atoms with E-state index in [0.717, 1.165) is 12.8 Å². The summed E-state index contributed by atoms with van der Waals surface area (Å²) in [5.41, 5.74) is 6.35. The Hall–Kier alpha value is -1.36. The van der Waals surface area contributed by atoms with Crippen LogP contribution in [0.2, 0.25) is 0 Å². The summed E-state index contributed by atoms with van der Waals surface area (Å²) in [7, 11) is 1.78. The van der Waals surface area contributed by atoms with Crippen molar-refractivity contribution in [2.24, 2.45) is 12.8 Å². The Balaban J connectivity index is 2.53. The number of rotatable bonds is 5. The second kappa shape index (κ2) is 5.12. The van der Waals surface area contributed by atoms with Gasteiger partial charge in [0.1, 0.15) is 0 Å². The number of aromatic nitrogens is 2. The fourth-order valence-corrected chi connectivity index (χ4v) is 1.40. The van der Waals surface area contributed by atoms with E-state index in [-0.39, 0.29) is 11.4 Å². The lowest BCUT2D eigenvalue weighted by molar-refractivity contribution is 0.0942. The maximum absolute atomic E-state index is 11.7. The summed E-state index contributed by atoms with van der Waals surface area (Å²) < 4.78 is 1.60. The molecule has 0 saturated heterocycles. The molecule has 0 aromatic carbocycles. The van der Waals surface area contributed by atoms with E-state index >= 15 is 0 Å². The summed E-state index contributed by atoms with van der Waals surface area (Å²) in [6.07, 6.45) is 4.92. The first-order valence-corrected chi connectivity index (χ1v) is 5.56. The van der Waals surface area contributed by atoms with Crippen LogP contribution in [-0.4, -0.2) is 27.8 Å². The van der Waals surface area contributed by atoms with Crippen molar-refractivity contribution in [3.8, 4) is 0 Å². The molecule has 1 aromatic heterocycles. The van der Waals surface area contributed by atoms with Crippen LogP contribution in [0.1, 0.15) is 37.0 Å². The number of hydrogen-bond acceptors (Lipinski definition) is 3. The molecule has 0 atom stereocenters. The molecule has 1 rings (SSSR count). The van der Waals surface area contributed by atoms with E-state index < -0.39 is 0 Å².